The lowest BCUT2D eigenvalue weighted by Crippen LogP contribution is -2.05. The number of anilines is 3. The van der Waals surface area contributed by atoms with E-state index in [1.54, 1.807) is 30.3 Å². The molecule has 0 aliphatic carbocycles. The van der Waals surface area contributed by atoms with Crippen molar-refractivity contribution < 1.29 is 19.4 Å². The fourth-order valence-electron chi connectivity index (χ4n) is 1.98. The predicted octanol–water partition coefficient (Wildman–Crippen LogP) is 2.73. The van der Waals surface area contributed by atoms with E-state index in [2.05, 4.69) is 5.32 Å². The zero-order chi connectivity index (χ0) is 15.4. The molecule has 0 saturated heterocycles. The predicted molar refractivity (Wildman–Crippen MR) is 80.6 cm³/mol. The molecule has 0 fully saturated rings. The molecule has 2 rings (SSSR count). The standard InChI is InChI=1S/C15H16N2O4/c1-20-13-5-3-4-12(14(13)21-2)17-11-7-6-9(16)8-10(11)15(18)19/h3-8,17H,16H2,1-2H3,(H,18,19). The molecule has 21 heavy (non-hydrogen) atoms. The van der Waals surface area contributed by atoms with Gasteiger partial charge in [0.25, 0.3) is 0 Å². The van der Waals surface area contributed by atoms with Crippen molar-refractivity contribution in [1.29, 1.82) is 0 Å². The van der Waals surface area contributed by atoms with E-state index in [4.69, 9.17) is 15.2 Å². The lowest BCUT2D eigenvalue weighted by molar-refractivity contribution is 0.0698. The number of nitrogen functional groups attached to an aromatic ring is 1. The van der Waals surface area contributed by atoms with Gasteiger partial charge in [-0.1, -0.05) is 6.07 Å². The minimum Gasteiger partial charge on any atom is -0.493 e. The minimum atomic E-state index is -1.06. The van der Waals surface area contributed by atoms with Crippen LogP contribution in [0.2, 0.25) is 0 Å². The van der Waals surface area contributed by atoms with Crippen molar-refractivity contribution in [3.05, 3.63) is 42.0 Å². The maximum absolute atomic E-state index is 11.3. The number of carboxylic acids is 1. The molecule has 6 nitrogen and oxygen atoms in total. The molecule has 0 unspecified atom stereocenters. The second-order valence-electron chi connectivity index (χ2n) is 4.28. The molecule has 2 aromatic carbocycles. The van der Waals surface area contributed by atoms with Crippen LogP contribution < -0.4 is 20.5 Å². The lowest BCUT2D eigenvalue weighted by Gasteiger charge is -2.15. The monoisotopic (exact) mass is 288 g/mol. The van der Waals surface area contributed by atoms with Crippen LogP contribution in [0.15, 0.2) is 36.4 Å². The van der Waals surface area contributed by atoms with Crippen LogP contribution in [-0.2, 0) is 0 Å². The van der Waals surface area contributed by atoms with Gasteiger partial charge in [0.1, 0.15) is 0 Å². The number of hydrogen-bond acceptors (Lipinski definition) is 5. The molecule has 4 N–H and O–H groups in total. The molecule has 0 spiro atoms. The number of nitrogens with two attached hydrogens (primary N) is 1. The zero-order valence-electron chi connectivity index (χ0n) is 11.7. The molecule has 0 radical (unpaired) electrons. The molecule has 110 valence electrons. The number of hydrogen-bond donors (Lipinski definition) is 3. The van der Waals surface area contributed by atoms with Crippen molar-refractivity contribution in [2.24, 2.45) is 0 Å². The van der Waals surface area contributed by atoms with Gasteiger partial charge in [0.15, 0.2) is 11.5 Å². The van der Waals surface area contributed by atoms with Crippen molar-refractivity contribution in [1.82, 2.24) is 0 Å². The number of carbonyl (C=O) groups is 1. The molecule has 0 saturated carbocycles. The number of nitrogens with one attached hydrogen (secondary N) is 1. The quantitative estimate of drug-likeness (QED) is 0.732. The topological polar surface area (TPSA) is 93.8 Å². The van der Waals surface area contributed by atoms with Crippen LogP contribution in [0.4, 0.5) is 17.1 Å². The molecule has 0 aliphatic heterocycles. The molecular formula is C15H16N2O4. The fourth-order valence-corrected chi connectivity index (χ4v) is 1.98. The first-order valence-electron chi connectivity index (χ1n) is 6.17. The highest BCUT2D eigenvalue weighted by atomic mass is 16.5. The molecule has 2 aromatic rings. The normalized spacial score (nSPS) is 10.0. The van der Waals surface area contributed by atoms with Gasteiger partial charge in [-0.15, -0.1) is 0 Å². The number of rotatable bonds is 5. The van der Waals surface area contributed by atoms with Gasteiger partial charge in [-0.3, -0.25) is 0 Å². The van der Waals surface area contributed by atoms with Gasteiger partial charge in [0, 0.05) is 5.69 Å². The Kier molecular flexibility index (Phi) is 4.18. The summed E-state index contributed by atoms with van der Waals surface area (Å²) in [6.07, 6.45) is 0. The Morgan fingerprint density at radius 1 is 1.14 bits per heavy atom. The molecule has 0 aliphatic rings. The van der Waals surface area contributed by atoms with E-state index in [1.165, 1.54) is 20.3 Å². The van der Waals surface area contributed by atoms with Gasteiger partial charge in [0.05, 0.1) is 31.2 Å². The first kappa shape index (κ1) is 14.5. The second kappa shape index (κ2) is 6.04. The van der Waals surface area contributed by atoms with Crippen LogP contribution in [0.1, 0.15) is 10.4 Å². The van der Waals surface area contributed by atoms with E-state index in [-0.39, 0.29) is 5.56 Å². The van der Waals surface area contributed by atoms with Gasteiger partial charge >= 0.3 is 5.97 Å². The Morgan fingerprint density at radius 2 is 1.90 bits per heavy atom. The van der Waals surface area contributed by atoms with E-state index < -0.39 is 5.97 Å². The molecule has 0 bridgehead atoms. The van der Waals surface area contributed by atoms with Gasteiger partial charge in [-0.2, -0.15) is 0 Å². The van der Waals surface area contributed by atoms with Crippen molar-refractivity contribution in [2.75, 3.05) is 25.3 Å². The number of carboxylic acid groups (broad SMARTS) is 1. The summed E-state index contributed by atoms with van der Waals surface area (Å²) in [5, 5.41) is 12.3. The third-order valence-electron chi connectivity index (χ3n) is 2.95. The van der Waals surface area contributed by atoms with E-state index in [1.807, 2.05) is 0 Å². The maximum atomic E-state index is 11.3. The van der Waals surface area contributed by atoms with Crippen LogP contribution in [0.3, 0.4) is 0 Å². The molecule has 0 aromatic heterocycles. The van der Waals surface area contributed by atoms with Gasteiger partial charge in [-0.05, 0) is 30.3 Å². The maximum Gasteiger partial charge on any atom is 0.337 e. The van der Waals surface area contributed by atoms with Crippen LogP contribution >= 0.6 is 0 Å². The Bertz CT molecular complexity index is 671. The van der Waals surface area contributed by atoms with Gasteiger partial charge in [0.2, 0.25) is 0 Å². The Labute approximate surface area is 122 Å². The first-order valence-corrected chi connectivity index (χ1v) is 6.17. The minimum absolute atomic E-state index is 0.0832. The Hall–Kier alpha value is -2.89. The number of aromatic carboxylic acids is 1. The summed E-state index contributed by atoms with van der Waals surface area (Å²) in [6.45, 7) is 0. The molecular weight excluding hydrogens is 272 g/mol. The van der Waals surface area contributed by atoms with Crippen molar-refractivity contribution >= 4 is 23.0 Å². The number of benzene rings is 2. The van der Waals surface area contributed by atoms with E-state index in [0.717, 1.165) is 0 Å². The molecule has 0 heterocycles. The average Bonchev–Trinajstić information content (AvgIpc) is 2.48. The largest absolute Gasteiger partial charge is 0.493 e. The lowest BCUT2D eigenvalue weighted by atomic mass is 10.1. The summed E-state index contributed by atoms with van der Waals surface area (Å²) in [6, 6.07) is 9.94. The molecule has 6 heteroatoms. The summed E-state index contributed by atoms with van der Waals surface area (Å²) >= 11 is 0. The third-order valence-corrected chi connectivity index (χ3v) is 2.95. The highest BCUT2D eigenvalue weighted by Gasteiger charge is 2.14. The average molecular weight is 288 g/mol. The Balaban J connectivity index is 2.46. The van der Waals surface area contributed by atoms with E-state index in [9.17, 15) is 9.90 Å². The summed E-state index contributed by atoms with van der Waals surface area (Å²) in [4.78, 5) is 11.3. The van der Waals surface area contributed by atoms with Crippen LogP contribution in [-0.4, -0.2) is 25.3 Å². The van der Waals surface area contributed by atoms with E-state index >= 15 is 0 Å². The summed E-state index contributed by atoms with van der Waals surface area (Å²) in [7, 11) is 3.05. The highest BCUT2D eigenvalue weighted by molar-refractivity contribution is 5.96. The smallest absolute Gasteiger partial charge is 0.337 e. The van der Waals surface area contributed by atoms with Crippen LogP contribution in [0.25, 0.3) is 0 Å². The van der Waals surface area contributed by atoms with Crippen LogP contribution in [0, 0.1) is 0 Å². The number of methoxy groups -OCH3 is 2. The highest BCUT2D eigenvalue weighted by Crippen LogP contribution is 2.37. The molecule has 0 amide bonds. The van der Waals surface area contributed by atoms with E-state index in [0.29, 0.717) is 28.6 Å². The molecule has 0 atom stereocenters. The first-order chi connectivity index (χ1) is 10.1. The fraction of sp³-hybridized carbons (Fsp3) is 0.133. The SMILES string of the molecule is COc1cccc(Nc2ccc(N)cc2C(=O)O)c1OC. The Morgan fingerprint density at radius 3 is 2.52 bits per heavy atom. The summed E-state index contributed by atoms with van der Waals surface area (Å²) < 4.78 is 10.5. The summed E-state index contributed by atoms with van der Waals surface area (Å²) in [5.41, 5.74) is 7.11. The van der Waals surface area contributed by atoms with Gasteiger partial charge < -0.3 is 25.6 Å². The number of para-hydroxylation sites is 1. The number of ether oxygens (including phenoxy) is 2. The van der Waals surface area contributed by atoms with Crippen molar-refractivity contribution in [3.63, 3.8) is 0 Å². The van der Waals surface area contributed by atoms with Crippen LogP contribution in [0.5, 0.6) is 11.5 Å². The van der Waals surface area contributed by atoms with Gasteiger partial charge in [-0.25, -0.2) is 4.79 Å². The third kappa shape index (κ3) is 3.00. The summed E-state index contributed by atoms with van der Waals surface area (Å²) in [5.74, 6) is -0.0188. The van der Waals surface area contributed by atoms with Crippen molar-refractivity contribution in [3.8, 4) is 11.5 Å². The second-order valence-corrected chi connectivity index (χ2v) is 4.28. The zero-order valence-corrected chi connectivity index (χ0v) is 11.7. The van der Waals surface area contributed by atoms with Crippen molar-refractivity contribution in [2.45, 2.75) is 0 Å².